The summed E-state index contributed by atoms with van der Waals surface area (Å²) in [5.41, 5.74) is -2.97. The average Bonchev–Trinajstić information content (AvgIpc) is 2.53. The highest BCUT2D eigenvalue weighted by Gasteiger charge is 2.35. The topological polar surface area (TPSA) is 67.8 Å². The van der Waals surface area contributed by atoms with E-state index in [1.807, 2.05) is 6.07 Å². The van der Waals surface area contributed by atoms with E-state index >= 15 is 0 Å². The van der Waals surface area contributed by atoms with Gasteiger partial charge >= 0.3 is 11.1 Å². The van der Waals surface area contributed by atoms with Crippen molar-refractivity contribution in [2.24, 2.45) is 7.05 Å². The van der Waals surface area contributed by atoms with Gasteiger partial charge in [0.15, 0.2) is 0 Å². The Morgan fingerprint density at radius 3 is 2.40 bits per heavy atom. The summed E-state index contributed by atoms with van der Waals surface area (Å²) in [4.78, 5) is 25.5. The monoisotopic (exact) mass is 405 g/mol. The lowest BCUT2D eigenvalue weighted by Crippen LogP contribution is -2.42. The van der Waals surface area contributed by atoms with E-state index in [2.05, 4.69) is 0 Å². The molecule has 0 aliphatic heterocycles. The van der Waals surface area contributed by atoms with E-state index in [0.717, 1.165) is 14.0 Å². The van der Waals surface area contributed by atoms with Gasteiger partial charge in [0.2, 0.25) is 0 Å². The van der Waals surface area contributed by atoms with Crippen molar-refractivity contribution in [3.8, 4) is 11.8 Å². The molecule has 0 aliphatic carbocycles. The van der Waals surface area contributed by atoms with Crippen LogP contribution in [0.4, 0.5) is 8.78 Å². The molecule has 0 unspecified atom stereocenters. The molecule has 1 aromatic heterocycles. The largest absolute Gasteiger partial charge is 0.363 e. The Hall–Kier alpha value is -1.82. The van der Waals surface area contributed by atoms with Crippen LogP contribution in [-0.2, 0) is 12.4 Å². The van der Waals surface area contributed by atoms with Crippen molar-refractivity contribution >= 4 is 35.0 Å². The summed E-state index contributed by atoms with van der Waals surface area (Å²) < 4.78 is 28.4. The molecule has 0 amide bonds. The number of nitrogens with zero attached hydrogens (tertiary/aromatic N) is 3. The lowest BCUT2D eigenvalue weighted by molar-refractivity contribution is 0.0836. The third kappa shape index (κ3) is 3.32. The predicted octanol–water partition coefficient (Wildman–Crippen LogP) is 3.38. The molecule has 0 aliphatic rings. The van der Waals surface area contributed by atoms with Crippen molar-refractivity contribution in [1.82, 2.24) is 9.13 Å². The molecule has 0 radical (unpaired) electrons. The molecule has 0 saturated heterocycles. The minimum absolute atomic E-state index is 0.00292. The summed E-state index contributed by atoms with van der Waals surface area (Å²) >= 11 is 12.3. The number of halogens is 4. The normalized spacial score (nSPS) is 11.4. The highest BCUT2D eigenvalue weighted by molar-refractivity contribution is 7.98. The number of alkyl halides is 3. The number of aromatic nitrogens is 2. The van der Waals surface area contributed by atoms with Gasteiger partial charge in [-0.25, -0.2) is 9.36 Å². The first kappa shape index (κ1) is 19.5. The van der Waals surface area contributed by atoms with Crippen LogP contribution < -0.4 is 11.2 Å². The molecule has 10 heteroatoms. The first-order valence-electron chi connectivity index (χ1n) is 6.72. The number of hydrogen-bond acceptors (Lipinski definition) is 4. The molecule has 0 atom stereocenters. The van der Waals surface area contributed by atoms with E-state index in [-0.39, 0.29) is 21.8 Å². The van der Waals surface area contributed by atoms with Crippen molar-refractivity contribution in [2.75, 3.05) is 6.26 Å². The number of hydrogen-bond donors (Lipinski definition) is 0. The summed E-state index contributed by atoms with van der Waals surface area (Å²) in [5.74, 6) is 0. The molecular formula is C15H11Cl2F2N3O2S. The van der Waals surface area contributed by atoms with Gasteiger partial charge in [-0.2, -0.15) is 14.0 Å². The standard InChI is InChI=1S/C15H11Cl2F2N3O2S/c1-7-12(15(17,18)19)21(2)14(24)22(13(7)23)10-5-11(25-3)8(6-20)4-9(10)16/h4-5H,1-3H3. The third-order valence-corrected chi connectivity index (χ3v) is 4.85. The number of nitriles is 1. The Morgan fingerprint density at radius 1 is 1.32 bits per heavy atom. The Labute approximate surface area is 155 Å². The van der Waals surface area contributed by atoms with Crippen LogP contribution in [0.5, 0.6) is 0 Å². The van der Waals surface area contributed by atoms with Crippen LogP contribution in [0.25, 0.3) is 5.69 Å². The van der Waals surface area contributed by atoms with Gasteiger partial charge in [-0.05, 0) is 36.9 Å². The van der Waals surface area contributed by atoms with E-state index in [9.17, 15) is 18.4 Å². The van der Waals surface area contributed by atoms with Crippen molar-refractivity contribution in [2.45, 2.75) is 17.2 Å². The van der Waals surface area contributed by atoms with Crippen LogP contribution in [0.1, 0.15) is 16.8 Å². The van der Waals surface area contributed by atoms with Gasteiger partial charge in [-0.1, -0.05) is 11.6 Å². The molecule has 1 heterocycles. The van der Waals surface area contributed by atoms with Gasteiger partial charge in [-0.3, -0.25) is 9.36 Å². The molecule has 5 nitrogen and oxygen atoms in total. The second-order valence-corrected chi connectivity index (χ2v) is 6.80. The van der Waals surface area contributed by atoms with Gasteiger partial charge < -0.3 is 0 Å². The summed E-state index contributed by atoms with van der Waals surface area (Å²) in [6.45, 7) is 1.15. The van der Waals surface area contributed by atoms with Crippen LogP contribution in [0.3, 0.4) is 0 Å². The maximum atomic E-state index is 13.6. The minimum Gasteiger partial charge on any atom is -0.293 e. The highest BCUT2D eigenvalue weighted by atomic mass is 35.5. The molecule has 0 saturated carbocycles. The van der Waals surface area contributed by atoms with Gasteiger partial charge in [0, 0.05) is 17.5 Å². The minimum atomic E-state index is -3.88. The van der Waals surface area contributed by atoms with E-state index < -0.39 is 22.3 Å². The van der Waals surface area contributed by atoms with Gasteiger partial charge in [0.05, 0.1) is 16.3 Å². The summed E-state index contributed by atoms with van der Waals surface area (Å²) in [6, 6.07) is 4.66. The SMILES string of the molecule is CSc1cc(-n2c(=O)c(C)c(C(F)(F)Cl)n(C)c2=O)c(Cl)cc1C#N. The molecule has 2 aromatic rings. The highest BCUT2D eigenvalue weighted by Crippen LogP contribution is 2.33. The molecule has 0 fully saturated rings. The molecule has 1 aromatic carbocycles. The zero-order valence-corrected chi connectivity index (χ0v) is 15.6. The van der Waals surface area contributed by atoms with Crippen LogP contribution >= 0.6 is 35.0 Å². The van der Waals surface area contributed by atoms with E-state index in [0.29, 0.717) is 14.0 Å². The molecule has 25 heavy (non-hydrogen) atoms. The molecule has 0 spiro atoms. The second kappa shape index (κ2) is 6.83. The fraction of sp³-hybridized carbons (Fsp3) is 0.267. The smallest absolute Gasteiger partial charge is 0.293 e. The maximum absolute atomic E-state index is 13.6. The average molecular weight is 406 g/mol. The van der Waals surface area contributed by atoms with Crippen LogP contribution in [0.2, 0.25) is 5.02 Å². The Kier molecular flexibility index (Phi) is 5.33. The van der Waals surface area contributed by atoms with Crippen molar-refractivity contribution in [3.63, 3.8) is 0 Å². The molecule has 2 rings (SSSR count). The van der Waals surface area contributed by atoms with Crippen LogP contribution in [0, 0.1) is 18.3 Å². The van der Waals surface area contributed by atoms with E-state index in [4.69, 9.17) is 28.5 Å². The van der Waals surface area contributed by atoms with Crippen molar-refractivity contribution in [1.29, 1.82) is 5.26 Å². The Morgan fingerprint density at radius 2 is 1.92 bits per heavy atom. The van der Waals surface area contributed by atoms with Gasteiger partial charge in [0.25, 0.3) is 5.56 Å². The Bertz CT molecular complexity index is 983. The first-order valence-corrected chi connectivity index (χ1v) is 8.70. The molecule has 0 bridgehead atoms. The van der Waals surface area contributed by atoms with E-state index in [1.54, 1.807) is 6.26 Å². The summed E-state index contributed by atoms with van der Waals surface area (Å²) in [7, 11) is 1.09. The molecule has 0 N–H and O–H groups in total. The van der Waals surface area contributed by atoms with Gasteiger partial charge in [-0.15, -0.1) is 11.8 Å². The lowest BCUT2D eigenvalue weighted by atomic mass is 10.2. The lowest BCUT2D eigenvalue weighted by Gasteiger charge is -2.18. The van der Waals surface area contributed by atoms with Gasteiger partial charge in [0.1, 0.15) is 11.8 Å². The maximum Gasteiger partial charge on any atom is 0.363 e. The third-order valence-electron chi connectivity index (χ3n) is 3.59. The predicted molar refractivity (Wildman–Crippen MR) is 93.3 cm³/mol. The van der Waals surface area contributed by atoms with Crippen molar-refractivity contribution < 1.29 is 8.78 Å². The molecule has 132 valence electrons. The fourth-order valence-corrected chi connectivity index (χ4v) is 3.51. The fourth-order valence-electron chi connectivity index (χ4n) is 2.44. The van der Waals surface area contributed by atoms with Crippen LogP contribution in [0.15, 0.2) is 26.6 Å². The molecular weight excluding hydrogens is 395 g/mol. The zero-order chi connectivity index (χ0) is 19.1. The quantitative estimate of drug-likeness (QED) is 0.579. The number of benzene rings is 1. The Balaban J connectivity index is 2.95. The second-order valence-electron chi connectivity index (χ2n) is 5.07. The van der Waals surface area contributed by atoms with Crippen LogP contribution in [-0.4, -0.2) is 15.4 Å². The van der Waals surface area contributed by atoms with Crippen molar-refractivity contribution in [3.05, 3.63) is 54.8 Å². The summed E-state index contributed by atoms with van der Waals surface area (Å²) in [5, 5.41) is 5.20. The number of rotatable bonds is 3. The number of thioether (sulfide) groups is 1. The first-order chi connectivity index (χ1) is 11.5. The van der Waals surface area contributed by atoms with E-state index in [1.165, 1.54) is 23.9 Å². The zero-order valence-electron chi connectivity index (χ0n) is 13.2. The summed E-state index contributed by atoms with van der Waals surface area (Å²) in [6.07, 6.45) is 1.71.